The van der Waals surface area contributed by atoms with Crippen LogP contribution in [0.15, 0.2) is 67.0 Å². The van der Waals surface area contributed by atoms with Gasteiger partial charge in [0.15, 0.2) is 0 Å². The zero-order valence-electron chi connectivity index (χ0n) is 13.9. The Balaban J connectivity index is 1.65. The lowest BCUT2D eigenvalue weighted by Gasteiger charge is -2.09. The van der Waals surface area contributed by atoms with Gasteiger partial charge in [0.05, 0.1) is 11.6 Å². The molecule has 0 saturated carbocycles. The van der Waals surface area contributed by atoms with Crippen LogP contribution in [0.25, 0.3) is 11.3 Å². The first-order valence-corrected chi connectivity index (χ1v) is 8.52. The van der Waals surface area contributed by atoms with E-state index in [4.69, 9.17) is 16.3 Å². The van der Waals surface area contributed by atoms with Gasteiger partial charge in [-0.25, -0.2) is 14.8 Å². The van der Waals surface area contributed by atoms with Gasteiger partial charge in [0.2, 0.25) is 0 Å². The predicted octanol–water partition coefficient (Wildman–Crippen LogP) is 4.67. The number of nitrogens with zero attached hydrogens (tertiary/aromatic N) is 2. The van der Waals surface area contributed by atoms with Crippen LogP contribution >= 0.6 is 11.6 Å². The molecular formula is C19H17ClN4O2. The normalized spacial score (nSPS) is 10.2. The summed E-state index contributed by atoms with van der Waals surface area (Å²) < 4.78 is 4.86. The van der Waals surface area contributed by atoms with E-state index in [2.05, 4.69) is 20.6 Å². The van der Waals surface area contributed by atoms with Crippen LogP contribution in [0.2, 0.25) is 0 Å². The van der Waals surface area contributed by atoms with Crippen molar-refractivity contribution in [2.45, 2.75) is 0 Å². The van der Waals surface area contributed by atoms with E-state index in [1.54, 1.807) is 12.1 Å². The lowest BCUT2D eigenvalue weighted by molar-refractivity contribution is 0.168. The zero-order chi connectivity index (χ0) is 18.2. The SMILES string of the molecule is O=C(Nc1ccc(Nc2cc(-c3ccccc3)ncn2)cc1)OCCCl. The van der Waals surface area contributed by atoms with Crippen molar-refractivity contribution in [2.75, 3.05) is 23.1 Å². The topological polar surface area (TPSA) is 76.1 Å². The van der Waals surface area contributed by atoms with Crippen LogP contribution in [-0.2, 0) is 4.74 Å². The molecule has 0 aliphatic heterocycles. The molecule has 0 fully saturated rings. The Morgan fingerprint density at radius 3 is 2.46 bits per heavy atom. The number of anilines is 3. The molecule has 1 aromatic heterocycles. The summed E-state index contributed by atoms with van der Waals surface area (Å²) in [7, 11) is 0. The minimum atomic E-state index is -0.533. The van der Waals surface area contributed by atoms with Gasteiger partial charge < -0.3 is 10.1 Å². The summed E-state index contributed by atoms with van der Waals surface area (Å²) >= 11 is 5.47. The largest absolute Gasteiger partial charge is 0.448 e. The monoisotopic (exact) mass is 368 g/mol. The molecule has 0 bridgehead atoms. The number of amides is 1. The molecule has 1 amide bonds. The molecule has 0 saturated heterocycles. The van der Waals surface area contributed by atoms with E-state index >= 15 is 0 Å². The highest BCUT2D eigenvalue weighted by atomic mass is 35.5. The van der Waals surface area contributed by atoms with Crippen LogP contribution < -0.4 is 10.6 Å². The fourth-order valence-corrected chi connectivity index (χ4v) is 2.34. The van der Waals surface area contributed by atoms with Gasteiger partial charge in [0, 0.05) is 23.0 Å². The lowest BCUT2D eigenvalue weighted by atomic mass is 10.1. The fourth-order valence-electron chi connectivity index (χ4n) is 2.26. The summed E-state index contributed by atoms with van der Waals surface area (Å²) in [6.07, 6.45) is 0.989. The minimum Gasteiger partial charge on any atom is -0.448 e. The van der Waals surface area contributed by atoms with Crippen LogP contribution in [0.1, 0.15) is 0 Å². The molecule has 0 radical (unpaired) electrons. The molecule has 0 spiro atoms. The summed E-state index contributed by atoms with van der Waals surface area (Å²) in [5, 5.41) is 5.84. The molecule has 26 heavy (non-hydrogen) atoms. The molecule has 132 valence electrons. The maximum atomic E-state index is 11.5. The van der Waals surface area contributed by atoms with Crippen LogP contribution in [-0.4, -0.2) is 28.5 Å². The number of carbonyl (C=O) groups is 1. The van der Waals surface area contributed by atoms with Crippen LogP contribution in [0.5, 0.6) is 0 Å². The van der Waals surface area contributed by atoms with E-state index in [-0.39, 0.29) is 12.5 Å². The van der Waals surface area contributed by atoms with Crippen LogP contribution in [0.3, 0.4) is 0 Å². The van der Waals surface area contributed by atoms with E-state index in [0.717, 1.165) is 16.9 Å². The molecule has 0 unspecified atom stereocenters. The summed E-state index contributed by atoms with van der Waals surface area (Å²) in [4.78, 5) is 20.0. The van der Waals surface area contributed by atoms with Gasteiger partial charge in [-0.15, -0.1) is 11.6 Å². The molecule has 2 N–H and O–H groups in total. The number of rotatable bonds is 6. The Hall–Kier alpha value is -3.12. The number of aromatic nitrogens is 2. The van der Waals surface area contributed by atoms with Crippen molar-refractivity contribution in [2.24, 2.45) is 0 Å². The minimum absolute atomic E-state index is 0.171. The van der Waals surface area contributed by atoms with E-state index < -0.39 is 6.09 Å². The summed E-state index contributed by atoms with van der Waals surface area (Å²) in [6, 6.07) is 19.0. The molecular weight excluding hydrogens is 352 g/mol. The third kappa shape index (κ3) is 4.94. The first-order valence-electron chi connectivity index (χ1n) is 7.99. The smallest absolute Gasteiger partial charge is 0.411 e. The average Bonchev–Trinajstić information content (AvgIpc) is 2.69. The molecule has 6 nitrogen and oxygen atoms in total. The number of nitrogens with one attached hydrogen (secondary N) is 2. The van der Waals surface area contributed by atoms with Crippen molar-refractivity contribution in [1.29, 1.82) is 0 Å². The van der Waals surface area contributed by atoms with E-state index in [9.17, 15) is 4.79 Å². The highest BCUT2D eigenvalue weighted by molar-refractivity contribution is 6.18. The number of alkyl halides is 1. The molecule has 3 aromatic rings. The molecule has 3 rings (SSSR count). The highest BCUT2D eigenvalue weighted by Gasteiger charge is 2.04. The fraction of sp³-hybridized carbons (Fsp3) is 0.105. The second-order valence-corrected chi connectivity index (χ2v) is 5.68. The molecule has 1 heterocycles. The first-order chi connectivity index (χ1) is 12.7. The third-order valence-corrected chi connectivity index (χ3v) is 3.60. The predicted molar refractivity (Wildman–Crippen MR) is 103 cm³/mol. The Morgan fingerprint density at radius 2 is 1.73 bits per heavy atom. The molecule has 0 aliphatic rings. The van der Waals surface area contributed by atoms with Gasteiger partial charge >= 0.3 is 6.09 Å². The van der Waals surface area contributed by atoms with Gasteiger partial charge in [-0.3, -0.25) is 5.32 Å². The second-order valence-electron chi connectivity index (χ2n) is 5.31. The van der Waals surface area contributed by atoms with Crippen molar-refractivity contribution in [1.82, 2.24) is 9.97 Å². The van der Waals surface area contributed by atoms with Crippen molar-refractivity contribution in [3.8, 4) is 11.3 Å². The Morgan fingerprint density at radius 1 is 1.00 bits per heavy atom. The second kappa shape index (κ2) is 8.82. The number of benzene rings is 2. The lowest BCUT2D eigenvalue weighted by Crippen LogP contribution is -2.14. The van der Waals surface area contributed by atoms with E-state index in [1.165, 1.54) is 6.33 Å². The molecule has 7 heteroatoms. The van der Waals surface area contributed by atoms with Crippen molar-refractivity contribution < 1.29 is 9.53 Å². The number of hydrogen-bond acceptors (Lipinski definition) is 5. The summed E-state index contributed by atoms with van der Waals surface area (Å²) in [6.45, 7) is 0.171. The standard InChI is InChI=1S/C19H17ClN4O2/c20-10-11-26-19(25)24-16-8-6-15(7-9-16)23-18-12-17(21-13-22-18)14-4-2-1-3-5-14/h1-9,12-13H,10-11H2,(H,24,25)(H,21,22,23). The Labute approximate surface area is 156 Å². The molecule has 2 aromatic carbocycles. The Bertz CT molecular complexity index is 857. The third-order valence-electron chi connectivity index (χ3n) is 3.45. The number of ether oxygens (including phenoxy) is 1. The number of halogens is 1. The maximum Gasteiger partial charge on any atom is 0.411 e. The molecule has 0 atom stereocenters. The van der Waals surface area contributed by atoms with Gasteiger partial charge in [-0.2, -0.15) is 0 Å². The van der Waals surface area contributed by atoms with Gasteiger partial charge in [0.1, 0.15) is 18.8 Å². The van der Waals surface area contributed by atoms with Crippen molar-refractivity contribution in [3.05, 3.63) is 67.0 Å². The van der Waals surface area contributed by atoms with E-state index in [0.29, 0.717) is 11.5 Å². The van der Waals surface area contributed by atoms with Crippen molar-refractivity contribution in [3.63, 3.8) is 0 Å². The summed E-state index contributed by atoms with van der Waals surface area (Å²) in [5.41, 5.74) is 3.32. The van der Waals surface area contributed by atoms with Gasteiger partial charge in [-0.1, -0.05) is 30.3 Å². The van der Waals surface area contributed by atoms with Crippen LogP contribution in [0.4, 0.5) is 22.0 Å². The Kier molecular flexibility index (Phi) is 6.01. The quantitative estimate of drug-likeness (QED) is 0.618. The first kappa shape index (κ1) is 17.7. The number of hydrogen-bond donors (Lipinski definition) is 2. The van der Waals surface area contributed by atoms with Gasteiger partial charge in [0.25, 0.3) is 0 Å². The van der Waals surface area contributed by atoms with Crippen LogP contribution in [0, 0.1) is 0 Å². The highest BCUT2D eigenvalue weighted by Crippen LogP contribution is 2.21. The van der Waals surface area contributed by atoms with Crippen molar-refractivity contribution >= 4 is 34.9 Å². The molecule has 0 aliphatic carbocycles. The number of carbonyl (C=O) groups excluding carboxylic acids is 1. The van der Waals surface area contributed by atoms with E-state index in [1.807, 2.05) is 48.5 Å². The maximum absolute atomic E-state index is 11.5. The zero-order valence-corrected chi connectivity index (χ0v) is 14.6. The summed E-state index contributed by atoms with van der Waals surface area (Å²) in [5.74, 6) is 0.946. The average molecular weight is 369 g/mol. The van der Waals surface area contributed by atoms with Gasteiger partial charge in [-0.05, 0) is 24.3 Å².